The van der Waals surface area contributed by atoms with Gasteiger partial charge in [0.2, 0.25) is 0 Å². The van der Waals surface area contributed by atoms with Gasteiger partial charge in [-0.3, -0.25) is 0 Å². The molecule has 0 atom stereocenters. The summed E-state index contributed by atoms with van der Waals surface area (Å²) >= 11 is 0. The summed E-state index contributed by atoms with van der Waals surface area (Å²) in [5, 5.41) is 0. The van der Waals surface area contributed by atoms with Gasteiger partial charge in [0, 0.05) is 6.61 Å². The summed E-state index contributed by atoms with van der Waals surface area (Å²) in [5.41, 5.74) is 0. The molecule has 0 aliphatic rings. The second-order valence-corrected chi connectivity index (χ2v) is 2.24. The summed E-state index contributed by atoms with van der Waals surface area (Å²) < 4.78 is 14.0. The zero-order valence-electron chi connectivity index (χ0n) is 5.85. The van der Waals surface area contributed by atoms with Crippen LogP contribution in [0.3, 0.4) is 0 Å². The Morgan fingerprint density at radius 2 is 2.22 bits per heavy atom. The summed E-state index contributed by atoms with van der Waals surface area (Å²) in [6.07, 6.45) is 1.79. The van der Waals surface area contributed by atoms with E-state index in [2.05, 4.69) is 4.43 Å². The maximum Gasteiger partial charge on any atom is 1.00 e. The first-order chi connectivity index (χ1) is 3.77. The van der Waals surface area contributed by atoms with E-state index in [4.69, 9.17) is 0 Å². The molecular weight excluding hydrogens is 257 g/mol. The van der Waals surface area contributed by atoms with Gasteiger partial charge in [-0.1, -0.05) is 13.3 Å². The minimum atomic E-state index is -2.91. The van der Waals surface area contributed by atoms with Crippen LogP contribution in [-0.4, -0.2) is 15.8 Å². The van der Waals surface area contributed by atoms with Crippen molar-refractivity contribution in [3.8, 4) is 0 Å². The van der Waals surface area contributed by atoms with Crippen molar-refractivity contribution < 1.29 is 82.6 Å². The first-order valence-corrected chi connectivity index (χ1v) is 3.83. The fourth-order valence-corrected chi connectivity index (χ4v) is 0.611. The maximum absolute atomic E-state index is 9.73. The first-order valence-electron chi connectivity index (χ1n) is 2.61. The van der Waals surface area contributed by atoms with Gasteiger partial charge in [-0.15, -0.1) is 0 Å². The van der Waals surface area contributed by atoms with Crippen molar-refractivity contribution in [2.75, 3.05) is 6.61 Å². The van der Waals surface area contributed by atoms with Gasteiger partial charge in [-0.05, 0) is 6.42 Å². The van der Waals surface area contributed by atoms with Gasteiger partial charge in [-0.25, -0.2) is 0 Å². The fraction of sp³-hybridized carbons (Fsp3) is 1.00. The predicted molar refractivity (Wildman–Crippen MR) is 27.3 cm³/mol. The Morgan fingerprint density at radius 1 is 1.67 bits per heavy atom. The largest absolute Gasteiger partial charge is 1.00 e. The van der Waals surface area contributed by atoms with E-state index >= 15 is 0 Å². The van der Waals surface area contributed by atoms with E-state index in [1.165, 1.54) is 0 Å². The molecule has 0 saturated heterocycles. The predicted octanol–water partition coefficient (Wildman–Crippen LogP) is -3.42. The van der Waals surface area contributed by atoms with Crippen molar-refractivity contribution in [3.63, 3.8) is 0 Å². The fourth-order valence-electron chi connectivity index (χ4n) is 0.300. The van der Waals surface area contributed by atoms with Crippen molar-refractivity contribution >= 4 is 9.17 Å². The third-order valence-electron chi connectivity index (χ3n) is 0.718. The summed E-state index contributed by atoms with van der Waals surface area (Å²) in [6.45, 7) is 2.32. The van der Waals surface area contributed by atoms with Gasteiger partial charge in [0.05, 0.1) is 0 Å². The van der Waals surface area contributed by atoms with Crippen LogP contribution in [0, 0.1) is 0 Å². The van der Waals surface area contributed by atoms with E-state index in [1.54, 1.807) is 0 Å². The van der Waals surface area contributed by atoms with E-state index in [1.807, 2.05) is 6.92 Å². The molecule has 0 spiro atoms. The average Bonchev–Trinajstić information content (AvgIpc) is 1.66. The van der Waals surface area contributed by atoms with Crippen LogP contribution in [0.4, 0.5) is 0 Å². The van der Waals surface area contributed by atoms with Crippen LogP contribution in [0.2, 0.25) is 0 Å². The van der Waals surface area contributed by atoms with Crippen molar-refractivity contribution in [2.24, 2.45) is 0 Å². The van der Waals surface area contributed by atoms with Crippen molar-refractivity contribution in [2.45, 2.75) is 19.8 Å². The van der Waals surface area contributed by atoms with E-state index in [9.17, 15) is 9.26 Å². The third-order valence-corrected chi connectivity index (χ3v) is 1.16. The second kappa shape index (κ2) is 9.67. The second-order valence-electron chi connectivity index (χ2n) is 1.45. The van der Waals surface area contributed by atoms with Gasteiger partial charge in [0.1, 0.15) is 0 Å². The summed E-state index contributed by atoms with van der Waals surface area (Å²) in [5.74, 6) is 0. The third kappa shape index (κ3) is 12.8. The molecule has 0 N–H and O–H groups in total. The van der Waals surface area contributed by atoms with Gasteiger partial charge >= 0.3 is 78.1 Å². The van der Waals surface area contributed by atoms with Crippen molar-refractivity contribution in [1.29, 1.82) is 0 Å². The Morgan fingerprint density at radius 3 is 2.56 bits per heavy atom. The Labute approximate surface area is 115 Å². The molecule has 0 amide bonds. The molecule has 0 rings (SSSR count). The van der Waals surface area contributed by atoms with Crippen LogP contribution in [-0.2, 0) is 8.89 Å². The molecule has 0 bridgehead atoms. The molecule has 0 fully saturated rings. The van der Waals surface area contributed by atoms with Crippen molar-refractivity contribution in [3.05, 3.63) is 0 Å². The number of unbranched alkanes of at least 4 members (excludes halogenated alkanes) is 1. The molecule has 48 valence electrons. The molecule has 0 radical (unpaired) electrons. The number of hydrogen-bond acceptors (Lipinski definition) is 3. The summed E-state index contributed by atoms with van der Waals surface area (Å²) in [4.78, 5) is 9.73. The molecule has 0 heterocycles. The van der Waals surface area contributed by atoms with Crippen molar-refractivity contribution in [1.82, 2.24) is 0 Å². The Hall–Kier alpha value is 1.67. The maximum atomic E-state index is 9.73. The number of hydrogen-bond donors (Lipinski definition) is 0. The molecule has 0 aromatic rings. The van der Waals surface area contributed by atoms with E-state index in [0.29, 0.717) is 6.61 Å². The van der Waals surface area contributed by atoms with Gasteiger partial charge in [0.15, 0.2) is 0 Å². The zero-order valence-corrected chi connectivity index (χ0v) is 13.1. The topological polar surface area (TPSA) is 49.4 Å². The molecule has 0 unspecified atom stereocenters. The minimum Gasteiger partial charge on any atom is -0.588 e. The van der Waals surface area contributed by atoms with Crippen LogP contribution in [0.1, 0.15) is 19.8 Å². The molecule has 0 saturated carbocycles. The van der Waals surface area contributed by atoms with E-state index < -0.39 is 9.17 Å². The molecule has 0 aliphatic carbocycles. The molecule has 5 heteroatoms. The minimum absolute atomic E-state index is 0. The molecule has 0 aromatic carbocycles. The van der Waals surface area contributed by atoms with Gasteiger partial charge < -0.3 is 13.7 Å². The molecule has 9 heavy (non-hydrogen) atoms. The molecular formula is C4H9CsO3Si. The molecule has 0 aliphatic heterocycles. The SMILES string of the molecule is CCCCO[Si](=O)[O-].[Cs+]. The van der Waals surface area contributed by atoms with Crippen LogP contribution < -0.4 is 73.7 Å². The quantitative estimate of drug-likeness (QED) is 0.393. The number of rotatable bonds is 4. The standard InChI is InChI=1S/C4H9O3Si.Cs/c1-2-3-4-7-8(5)6;/h2-4H2,1H3;/q-1;+1. The Balaban J connectivity index is 0. The molecule has 0 aromatic heterocycles. The van der Waals surface area contributed by atoms with E-state index in [-0.39, 0.29) is 68.9 Å². The summed E-state index contributed by atoms with van der Waals surface area (Å²) in [7, 11) is -2.91. The van der Waals surface area contributed by atoms with Gasteiger partial charge in [-0.2, -0.15) is 0 Å². The Kier molecular flexibility index (Phi) is 14.3. The van der Waals surface area contributed by atoms with Crippen LogP contribution in [0.25, 0.3) is 0 Å². The first kappa shape index (κ1) is 13.3. The monoisotopic (exact) mass is 266 g/mol. The smallest absolute Gasteiger partial charge is 0.588 e. The zero-order chi connectivity index (χ0) is 6.41. The van der Waals surface area contributed by atoms with E-state index in [0.717, 1.165) is 12.8 Å². The average molecular weight is 266 g/mol. The van der Waals surface area contributed by atoms with Crippen LogP contribution >= 0.6 is 0 Å². The molecule has 3 nitrogen and oxygen atoms in total. The normalized spacial score (nSPS) is 7.67. The Bertz CT molecular complexity index is 78.2. The van der Waals surface area contributed by atoms with Crippen LogP contribution in [0.15, 0.2) is 0 Å². The van der Waals surface area contributed by atoms with Crippen LogP contribution in [0.5, 0.6) is 0 Å². The van der Waals surface area contributed by atoms with Gasteiger partial charge in [0.25, 0.3) is 0 Å². The summed E-state index contributed by atoms with van der Waals surface area (Å²) in [6, 6.07) is 0.